The number of nitrogens with zero attached hydrogens (tertiary/aromatic N) is 1. The topological polar surface area (TPSA) is 58.7 Å². The molecule has 1 fully saturated rings. The van der Waals surface area contributed by atoms with Crippen LogP contribution in [0.1, 0.15) is 37.7 Å². The number of benzene rings is 1. The minimum absolute atomic E-state index is 0.209. The van der Waals surface area contributed by atoms with Crippen LogP contribution in [0.3, 0.4) is 0 Å². The Balaban J connectivity index is 1.84. The lowest BCUT2D eigenvalue weighted by molar-refractivity contribution is 0.240. The summed E-state index contributed by atoms with van der Waals surface area (Å²) in [5.41, 5.74) is 3.25. The molecule has 4 nitrogen and oxygen atoms in total. The number of nitrogens with two attached hydrogens (primary N) is 1. The molecule has 24 heavy (non-hydrogen) atoms. The average molecular weight is 326 g/mol. The van der Waals surface area contributed by atoms with Crippen LogP contribution in [0.4, 0.5) is 5.69 Å². The molecule has 1 aromatic carbocycles. The summed E-state index contributed by atoms with van der Waals surface area (Å²) in [6, 6.07) is 8.53. The van der Waals surface area contributed by atoms with E-state index in [1.54, 1.807) is 0 Å². The van der Waals surface area contributed by atoms with E-state index in [2.05, 4.69) is 47.4 Å². The van der Waals surface area contributed by atoms with Crippen molar-refractivity contribution in [2.75, 3.05) is 18.1 Å². The summed E-state index contributed by atoms with van der Waals surface area (Å²) in [5.74, 6) is 6.29. The van der Waals surface area contributed by atoms with Gasteiger partial charge in [0.25, 0.3) is 0 Å². The smallest absolute Gasteiger partial charge is 0.157 e. The zero-order chi connectivity index (χ0) is 16.8. The molecule has 1 saturated heterocycles. The van der Waals surface area contributed by atoms with Crippen LogP contribution in [0.15, 0.2) is 54.1 Å². The summed E-state index contributed by atoms with van der Waals surface area (Å²) in [6.45, 7) is 1.21. The Morgan fingerprint density at radius 1 is 1.21 bits per heavy atom. The van der Waals surface area contributed by atoms with Gasteiger partial charge in [0.2, 0.25) is 0 Å². The van der Waals surface area contributed by atoms with E-state index in [9.17, 15) is 5.11 Å². The molecule has 4 heteroatoms. The van der Waals surface area contributed by atoms with Crippen molar-refractivity contribution in [1.29, 1.82) is 0 Å². The quantitative estimate of drug-likeness (QED) is 0.656. The fourth-order valence-electron chi connectivity index (χ4n) is 3.52. The summed E-state index contributed by atoms with van der Waals surface area (Å²) < 4.78 is 0. The Morgan fingerprint density at radius 3 is 2.79 bits per heavy atom. The van der Waals surface area contributed by atoms with E-state index in [1.165, 1.54) is 12.8 Å². The first-order valence-corrected chi connectivity index (χ1v) is 8.74. The maximum atomic E-state index is 9.60. The molecule has 0 spiro atoms. The second-order valence-corrected chi connectivity index (χ2v) is 6.37. The first-order chi connectivity index (χ1) is 11.8. The second-order valence-electron chi connectivity index (χ2n) is 6.37. The molecule has 0 bridgehead atoms. The maximum Gasteiger partial charge on any atom is 0.157 e. The van der Waals surface area contributed by atoms with Crippen molar-refractivity contribution in [3.05, 3.63) is 59.7 Å². The van der Waals surface area contributed by atoms with Crippen LogP contribution in [-0.2, 0) is 4.84 Å². The van der Waals surface area contributed by atoms with Gasteiger partial charge in [-0.15, -0.1) is 0 Å². The molecule has 1 aliphatic carbocycles. The molecule has 1 unspecified atom stereocenters. The van der Waals surface area contributed by atoms with Crippen molar-refractivity contribution in [1.82, 2.24) is 0 Å². The van der Waals surface area contributed by atoms with E-state index in [0.717, 1.165) is 48.4 Å². The molecule has 1 aliphatic heterocycles. The van der Waals surface area contributed by atoms with E-state index in [4.69, 9.17) is 10.7 Å². The van der Waals surface area contributed by atoms with Crippen molar-refractivity contribution < 1.29 is 9.94 Å². The van der Waals surface area contributed by atoms with Crippen molar-refractivity contribution in [3.63, 3.8) is 0 Å². The van der Waals surface area contributed by atoms with Crippen LogP contribution in [-0.4, -0.2) is 24.3 Å². The molecule has 1 aromatic rings. The van der Waals surface area contributed by atoms with Gasteiger partial charge in [0.05, 0.1) is 12.6 Å². The monoisotopic (exact) mass is 326 g/mol. The molecule has 128 valence electrons. The Kier molecular flexibility index (Phi) is 5.72. The van der Waals surface area contributed by atoms with Gasteiger partial charge in [-0.2, -0.15) is 5.90 Å². The predicted octanol–water partition coefficient (Wildman–Crippen LogP) is 3.55. The summed E-state index contributed by atoms with van der Waals surface area (Å²) in [7, 11) is 0. The number of anilines is 1. The van der Waals surface area contributed by atoms with Gasteiger partial charge in [-0.3, -0.25) is 0 Å². The van der Waals surface area contributed by atoms with Crippen molar-refractivity contribution in [3.8, 4) is 0 Å². The van der Waals surface area contributed by atoms with E-state index in [0.29, 0.717) is 0 Å². The SMILES string of the molecule is NO/C(=C1/C=CC=CCC1)c1ccc(N2CCCCC2CO)cc1. The zero-order valence-corrected chi connectivity index (χ0v) is 14.0. The molecule has 0 saturated carbocycles. The lowest BCUT2D eigenvalue weighted by Crippen LogP contribution is -2.41. The summed E-state index contributed by atoms with van der Waals surface area (Å²) in [5, 5.41) is 9.60. The molecular formula is C20H26N2O2. The second kappa shape index (κ2) is 8.18. The van der Waals surface area contributed by atoms with Crippen LogP contribution in [0.2, 0.25) is 0 Å². The Morgan fingerprint density at radius 2 is 2.04 bits per heavy atom. The van der Waals surface area contributed by atoms with Gasteiger partial charge < -0.3 is 14.8 Å². The lowest BCUT2D eigenvalue weighted by Gasteiger charge is -2.36. The van der Waals surface area contributed by atoms with Crippen LogP contribution in [0, 0.1) is 0 Å². The highest BCUT2D eigenvalue weighted by molar-refractivity contribution is 5.68. The van der Waals surface area contributed by atoms with Gasteiger partial charge >= 0.3 is 0 Å². The largest absolute Gasteiger partial charge is 0.411 e. The number of rotatable bonds is 4. The number of piperidine rings is 1. The zero-order valence-electron chi connectivity index (χ0n) is 14.0. The van der Waals surface area contributed by atoms with Gasteiger partial charge in [0, 0.05) is 17.8 Å². The minimum Gasteiger partial charge on any atom is -0.411 e. The third-order valence-electron chi connectivity index (χ3n) is 4.83. The van der Waals surface area contributed by atoms with E-state index < -0.39 is 0 Å². The van der Waals surface area contributed by atoms with Gasteiger partial charge in [0.15, 0.2) is 5.76 Å². The van der Waals surface area contributed by atoms with E-state index in [1.807, 2.05) is 6.08 Å². The number of hydrogen-bond donors (Lipinski definition) is 2. The van der Waals surface area contributed by atoms with Gasteiger partial charge in [-0.25, -0.2) is 0 Å². The normalized spacial score (nSPS) is 23.1. The van der Waals surface area contributed by atoms with E-state index >= 15 is 0 Å². The Labute approximate surface area is 143 Å². The first-order valence-electron chi connectivity index (χ1n) is 8.74. The molecule has 1 atom stereocenters. The summed E-state index contributed by atoms with van der Waals surface area (Å²) >= 11 is 0. The van der Waals surface area contributed by atoms with Crippen molar-refractivity contribution in [2.24, 2.45) is 5.90 Å². The average Bonchev–Trinajstić information content (AvgIpc) is 2.92. The number of aliphatic hydroxyl groups is 1. The van der Waals surface area contributed by atoms with Gasteiger partial charge in [0.1, 0.15) is 0 Å². The highest BCUT2D eigenvalue weighted by Crippen LogP contribution is 2.29. The molecule has 1 heterocycles. The van der Waals surface area contributed by atoms with Crippen LogP contribution in [0.5, 0.6) is 0 Å². The standard InChI is InChI=1S/C20H26N2O2/c21-24-20(16-7-3-1-2-4-8-16)17-10-12-18(13-11-17)22-14-6-5-9-19(22)15-23/h1-3,7,10-13,19,23H,4-6,8-9,14-15,21H2/b20-16-. The van der Waals surface area contributed by atoms with Gasteiger partial charge in [-0.1, -0.05) is 24.3 Å². The molecule has 0 aromatic heterocycles. The molecule has 0 radical (unpaired) electrons. The molecule has 0 amide bonds. The Hall–Kier alpha value is -2.04. The Bertz CT molecular complexity index is 632. The van der Waals surface area contributed by atoms with Crippen LogP contribution >= 0.6 is 0 Å². The van der Waals surface area contributed by atoms with Crippen LogP contribution < -0.4 is 10.8 Å². The predicted molar refractivity (Wildman–Crippen MR) is 98.2 cm³/mol. The summed E-state index contributed by atoms with van der Waals surface area (Å²) in [4.78, 5) is 7.51. The number of hydrogen-bond acceptors (Lipinski definition) is 4. The van der Waals surface area contributed by atoms with Crippen LogP contribution in [0.25, 0.3) is 5.76 Å². The van der Waals surface area contributed by atoms with E-state index in [-0.39, 0.29) is 12.6 Å². The fraction of sp³-hybridized carbons (Fsp3) is 0.400. The highest BCUT2D eigenvalue weighted by Gasteiger charge is 2.22. The molecule has 2 aliphatic rings. The summed E-state index contributed by atoms with van der Waals surface area (Å²) in [6.07, 6.45) is 13.6. The first kappa shape index (κ1) is 16.8. The third kappa shape index (κ3) is 3.71. The lowest BCUT2D eigenvalue weighted by atomic mass is 10.0. The van der Waals surface area contributed by atoms with Gasteiger partial charge in [-0.05, 0) is 61.9 Å². The maximum absolute atomic E-state index is 9.60. The molecule has 3 rings (SSSR count). The highest BCUT2D eigenvalue weighted by atomic mass is 16.6. The fourth-order valence-corrected chi connectivity index (χ4v) is 3.52. The van der Waals surface area contributed by atoms with Crippen molar-refractivity contribution in [2.45, 2.75) is 38.1 Å². The van der Waals surface area contributed by atoms with Crippen molar-refractivity contribution >= 4 is 11.4 Å². The molecular weight excluding hydrogens is 300 g/mol. The number of allylic oxidation sites excluding steroid dienone is 5. The third-order valence-corrected chi connectivity index (χ3v) is 4.83. The molecule has 3 N–H and O–H groups in total. The minimum atomic E-state index is 0.209. The number of aliphatic hydroxyl groups excluding tert-OH is 1.